The Labute approximate surface area is 169 Å². The average Bonchev–Trinajstić information content (AvgIpc) is 2.69. The summed E-state index contributed by atoms with van der Waals surface area (Å²) < 4.78 is 0. The first-order chi connectivity index (χ1) is 13.1. The lowest BCUT2D eigenvalue weighted by Crippen LogP contribution is -2.37. The molecule has 0 spiro atoms. The van der Waals surface area contributed by atoms with E-state index >= 15 is 0 Å². The Morgan fingerprint density at radius 1 is 0.407 bits per heavy atom. The van der Waals surface area contributed by atoms with Crippen molar-refractivity contribution in [3.05, 3.63) is 0 Å². The highest BCUT2D eigenvalue weighted by atomic mass is 16.3. The van der Waals surface area contributed by atoms with Crippen molar-refractivity contribution in [1.29, 1.82) is 0 Å². The molecule has 0 heterocycles. The van der Waals surface area contributed by atoms with Crippen molar-refractivity contribution in [3.8, 4) is 0 Å². The fraction of sp³-hybridized carbons (Fsp3) is 1.00. The van der Waals surface area contributed by atoms with Crippen molar-refractivity contribution in [1.82, 2.24) is 0 Å². The molecule has 4 saturated carbocycles. The minimum absolute atomic E-state index is 0.0103. The Kier molecular flexibility index (Phi) is 6.89. The van der Waals surface area contributed by atoms with E-state index in [1.54, 1.807) is 19.3 Å². The van der Waals surface area contributed by atoms with Gasteiger partial charge in [0.15, 0.2) is 0 Å². The second-order valence-corrected chi connectivity index (χ2v) is 11.6. The highest BCUT2D eigenvalue weighted by molar-refractivity contribution is 4.91. The Bertz CT molecular complexity index is 363. The standard InChI is InChI=1S/C26H46O/c1-18-3-7-20(8-4-18)23-15-24(21-9-5-19(2)6-10-21)17-25(16-23)22-11-13-26(27)14-12-22/h18-27H,3-17H2,1-2H3. The van der Waals surface area contributed by atoms with Crippen molar-refractivity contribution in [2.45, 2.75) is 116 Å². The van der Waals surface area contributed by atoms with Gasteiger partial charge in [0.05, 0.1) is 6.10 Å². The maximum Gasteiger partial charge on any atom is 0.0540 e. The molecule has 1 N–H and O–H groups in total. The number of aliphatic hydroxyl groups excluding tert-OH is 1. The van der Waals surface area contributed by atoms with Gasteiger partial charge in [-0.1, -0.05) is 39.5 Å². The van der Waals surface area contributed by atoms with Crippen LogP contribution in [0.3, 0.4) is 0 Å². The SMILES string of the molecule is CC1CCC(C2CC(C3CCC(C)CC3)CC(C3CCC(O)CC3)C2)CC1. The zero-order valence-electron chi connectivity index (χ0n) is 18.2. The molecule has 0 radical (unpaired) electrons. The van der Waals surface area contributed by atoms with Gasteiger partial charge in [-0.05, 0) is 118 Å². The van der Waals surface area contributed by atoms with Crippen molar-refractivity contribution >= 4 is 0 Å². The van der Waals surface area contributed by atoms with E-state index in [0.717, 1.165) is 60.2 Å². The predicted octanol–water partition coefficient (Wildman–Crippen LogP) is 7.22. The highest BCUT2D eigenvalue weighted by Gasteiger charge is 2.41. The maximum absolute atomic E-state index is 9.99. The van der Waals surface area contributed by atoms with Gasteiger partial charge in [0.2, 0.25) is 0 Å². The molecule has 4 rings (SSSR count). The first-order valence-electron chi connectivity index (χ1n) is 12.8. The Morgan fingerprint density at radius 3 is 1.04 bits per heavy atom. The molecule has 0 aromatic rings. The summed E-state index contributed by atoms with van der Waals surface area (Å²) in [7, 11) is 0. The third-order valence-electron chi connectivity index (χ3n) is 9.68. The van der Waals surface area contributed by atoms with E-state index in [-0.39, 0.29) is 6.10 Å². The normalized spacial score (nSPS) is 49.7. The van der Waals surface area contributed by atoms with E-state index in [1.807, 2.05) is 0 Å². The van der Waals surface area contributed by atoms with E-state index in [0.29, 0.717) is 0 Å². The Morgan fingerprint density at radius 2 is 0.704 bits per heavy atom. The molecule has 0 aromatic heterocycles. The van der Waals surface area contributed by atoms with Crippen molar-refractivity contribution in [2.75, 3.05) is 0 Å². The fourth-order valence-electron chi connectivity index (χ4n) is 7.70. The van der Waals surface area contributed by atoms with Gasteiger partial charge < -0.3 is 5.11 Å². The molecule has 0 saturated heterocycles. The highest BCUT2D eigenvalue weighted by Crippen LogP contribution is 2.51. The molecule has 2 unspecified atom stereocenters. The number of rotatable bonds is 3. The van der Waals surface area contributed by atoms with Crippen LogP contribution in [0.2, 0.25) is 0 Å². The van der Waals surface area contributed by atoms with Crippen LogP contribution < -0.4 is 0 Å². The first kappa shape index (κ1) is 20.2. The lowest BCUT2D eigenvalue weighted by atomic mass is 9.58. The van der Waals surface area contributed by atoms with Crippen LogP contribution in [0.5, 0.6) is 0 Å². The van der Waals surface area contributed by atoms with E-state index in [9.17, 15) is 5.11 Å². The maximum atomic E-state index is 9.99. The quantitative estimate of drug-likeness (QED) is 0.552. The van der Waals surface area contributed by atoms with E-state index < -0.39 is 0 Å². The fourth-order valence-corrected chi connectivity index (χ4v) is 7.70. The monoisotopic (exact) mass is 374 g/mol. The molecule has 27 heavy (non-hydrogen) atoms. The van der Waals surface area contributed by atoms with Gasteiger partial charge in [-0.25, -0.2) is 0 Å². The van der Waals surface area contributed by atoms with Crippen LogP contribution in [-0.4, -0.2) is 11.2 Å². The van der Waals surface area contributed by atoms with Crippen LogP contribution in [0, 0.1) is 47.3 Å². The van der Waals surface area contributed by atoms with Gasteiger partial charge in [-0.2, -0.15) is 0 Å². The average molecular weight is 375 g/mol. The summed E-state index contributed by atoms with van der Waals surface area (Å²) in [6.07, 6.45) is 21.5. The molecule has 4 aliphatic carbocycles. The van der Waals surface area contributed by atoms with Crippen LogP contribution in [0.15, 0.2) is 0 Å². The zero-order chi connectivity index (χ0) is 18.8. The lowest BCUT2D eigenvalue weighted by molar-refractivity contribution is 0.0220. The van der Waals surface area contributed by atoms with Gasteiger partial charge in [0, 0.05) is 0 Å². The van der Waals surface area contributed by atoms with Gasteiger partial charge >= 0.3 is 0 Å². The molecule has 4 fully saturated rings. The van der Waals surface area contributed by atoms with Crippen molar-refractivity contribution < 1.29 is 5.11 Å². The molecular weight excluding hydrogens is 328 g/mol. The summed E-state index contributed by atoms with van der Waals surface area (Å²) in [6, 6.07) is 0. The topological polar surface area (TPSA) is 20.2 Å². The van der Waals surface area contributed by atoms with Crippen LogP contribution in [0.25, 0.3) is 0 Å². The van der Waals surface area contributed by atoms with Crippen molar-refractivity contribution in [2.24, 2.45) is 47.3 Å². The van der Waals surface area contributed by atoms with Gasteiger partial charge in [-0.3, -0.25) is 0 Å². The second-order valence-electron chi connectivity index (χ2n) is 11.6. The summed E-state index contributed by atoms with van der Waals surface area (Å²) in [4.78, 5) is 0. The van der Waals surface area contributed by atoms with Gasteiger partial charge in [-0.15, -0.1) is 0 Å². The first-order valence-corrected chi connectivity index (χ1v) is 12.8. The van der Waals surface area contributed by atoms with E-state index in [2.05, 4.69) is 13.8 Å². The smallest absolute Gasteiger partial charge is 0.0540 e. The molecule has 0 aromatic carbocycles. The summed E-state index contributed by atoms with van der Waals surface area (Å²) in [5.41, 5.74) is 0. The Balaban J connectivity index is 1.42. The molecule has 156 valence electrons. The predicted molar refractivity (Wildman–Crippen MR) is 115 cm³/mol. The summed E-state index contributed by atoms with van der Waals surface area (Å²) >= 11 is 0. The molecule has 0 bridgehead atoms. The molecule has 1 nitrogen and oxygen atoms in total. The van der Waals surface area contributed by atoms with Crippen LogP contribution in [0.1, 0.15) is 110 Å². The number of hydrogen-bond donors (Lipinski definition) is 1. The molecular formula is C26H46O. The van der Waals surface area contributed by atoms with Crippen LogP contribution in [-0.2, 0) is 0 Å². The van der Waals surface area contributed by atoms with Gasteiger partial charge in [0.1, 0.15) is 0 Å². The zero-order valence-corrected chi connectivity index (χ0v) is 18.2. The molecule has 4 aliphatic rings. The molecule has 1 heteroatoms. The number of hydrogen-bond acceptors (Lipinski definition) is 1. The lowest BCUT2D eigenvalue weighted by Gasteiger charge is -2.47. The second kappa shape index (κ2) is 9.19. The van der Waals surface area contributed by atoms with E-state index in [1.165, 1.54) is 64.2 Å². The summed E-state index contributed by atoms with van der Waals surface area (Å²) in [5.74, 6) is 8.04. The van der Waals surface area contributed by atoms with Crippen molar-refractivity contribution in [3.63, 3.8) is 0 Å². The van der Waals surface area contributed by atoms with Crippen LogP contribution >= 0.6 is 0 Å². The van der Waals surface area contributed by atoms with Gasteiger partial charge in [0.25, 0.3) is 0 Å². The Hall–Kier alpha value is -0.0400. The third-order valence-corrected chi connectivity index (χ3v) is 9.68. The number of aliphatic hydroxyl groups is 1. The molecule has 0 amide bonds. The summed E-state index contributed by atoms with van der Waals surface area (Å²) in [5, 5.41) is 9.99. The molecule has 2 atom stereocenters. The van der Waals surface area contributed by atoms with Crippen LogP contribution in [0.4, 0.5) is 0 Å². The molecule has 0 aliphatic heterocycles. The summed E-state index contributed by atoms with van der Waals surface area (Å²) in [6.45, 7) is 4.94. The largest absolute Gasteiger partial charge is 0.393 e. The minimum atomic E-state index is 0.0103. The third kappa shape index (κ3) is 5.12. The van der Waals surface area contributed by atoms with E-state index in [4.69, 9.17) is 0 Å². The minimum Gasteiger partial charge on any atom is -0.393 e.